The Labute approximate surface area is 166 Å². The van der Waals surface area contributed by atoms with Gasteiger partial charge in [0.2, 0.25) is 10.0 Å². The van der Waals surface area contributed by atoms with Gasteiger partial charge in [0.05, 0.1) is 10.6 Å². The highest BCUT2D eigenvalue weighted by atomic mass is 32.2. The number of carbonyl (C=O) groups is 1. The molecule has 1 saturated heterocycles. The molecular formula is C19H18FN3O3S2. The second-order valence-electron chi connectivity index (χ2n) is 6.38. The summed E-state index contributed by atoms with van der Waals surface area (Å²) >= 11 is 1.37. The molecule has 1 aliphatic heterocycles. The summed E-state index contributed by atoms with van der Waals surface area (Å²) in [6, 6.07) is 10.7. The van der Waals surface area contributed by atoms with Crippen LogP contribution in [-0.2, 0) is 10.0 Å². The Morgan fingerprint density at radius 2 is 1.71 bits per heavy atom. The number of aromatic nitrogens is 1. The largest absolute Gasteiger partial charge is 0.335 e. The fraction of sp³-hybridized carbons (Fsp3) is 0.211. The Hall–Kier alpha value is -2.49. The average Bonchev–Trinajstić information content (AvgIpc) is 3.39. The molecule has 28 heavy (non-hydrogen) atoms. The van der Waals surface area contributed by atoms with Crippen molar-refractivity contribution in [3.05, 3.63) is 70.9 Å². The van der Waals surface area contributed by atoms with Gasteiger partial charge in [0.1, 0.15) is 10.7 Å². The van der Waals surface area contributed by atoms with Gasteiger partial charge in [0, 0.05) is 38.6 Å². The van der Waals surface area contributed by atoms with E-state index in [1.165, 1.54) is 33.8 Å². The molecule has 0 aliphatic carbocycles. The van der Waals surface area contributed by atoms with Crippen LogP contribution in [0.3, 0.4) is 0 Å². The van der Waals surface area contributed by atoms with Crippen molar-refractivity contribution in [2.24, 2.45) is 0 Å². The Morgan fingerprint density at radius 1 is 1.00 bits per heavy atom. The molecule has 1 amide bonds. The zero-order valence-corrected chi connectivity index (χ0v) is 16.5. The molecule has 0 radical (unpaired) electrons. The molecule has 146 valence electrons. The first-order chi connectivity index (χ1) is 13.5. The standard InChI is InChI=1S/C19H18FN3O3S2/c20-15-4-3-5-16(14-15)28(25,26)23-11-9-22(10-12-23)19(24)18-17(6-13-27-18)21-7-1-2-8-21/h1-8,13-14H,9-12H2. The Morgan fingerprint density at radius 3 is 2.39 bits per heavy atom. The van der Waals surface area contributed by atoms with E-state index in [1.54, 1.807) is 4.90 Å². The molecule has 6 nitrogen and oxygen atoms in total. The summed E-state index contributed by atoms with van der Waals surface area (Å²) in [6.07, 6.45) is 3.75. The van der Waals surface area contributed by atoms with Gasteiger partial charge in [-0.2, -0.15) is 4.31 Å². The number of rotatable bonds is 4. The van der Waals surface area contributed by atoms with E-state index >= 15 is 0 Å². The lowest BCUT2D eigenvalue weighted by Gasteiger charge is -2.34. The molecule has 0 spiro atoms. The number of piperazine rings is 1. The van der Waals surface area contributed by atoms with Crippen molar-refractivity contribution in [1.29, 1.82) is 0 Å². The van der Waals surface area contributed by atoms with Crippen molar-refractivity contribution in [2.75, 3.05) is 26.2 Å². The lowest BCUT2D eigenvalue weighted by molar-refractivity contribution is 0.0703. The van der Waals surface area contributed by atoms with E-state index in [2.05, 4.69) is 0 Å². The van der Waals surface area contributed by atoms with Crippen LogP contribution in [0.25, 0.3) is 5.69 Å². The molecule has 0 atom stereocenters. The quantitative estimate of drug-likeness (QED) is 0.653. The zero-order chi connectivity index (χ0) is 19.7. The highest BCUT2D eigenvalue weighted by Crippen LogP contribution is 2.25. The number of amides is 1. The normalized spacial score (nSPS) is 15.7. The van der Waals surface area contributed by atoms with E-state index in [0.717, 1.165) is 11.8 Å². The van der Waals surface area contributed by atoms with Gasteiger partial charge in [0.15, 0.2) is 0 Å². The number of carbonyl (C=O) groups excluding carboxylic acids is 1. The fourth-order valence-corrected chi connectivity index (χ4v) is 5.52. The molecule has 0 N–H and O–H groups in total. The molecule has 3 aromatic rings. The van der Waals surface area contributed by atoms with E-state index in [0.29, 0.717) is 4.88 Å². The van der Waals surface area contributed by atoms with E-state index < -0.39 is 15.8 Å². The summed E-state index contributed by atoms with van der Waals surface area (Å²) < 4.78 is 42.0. The van der Waals surface area contributed by atoms with Gasteiger partial charge in [-0.15, -0.1) is 11.3 Å². The molecule has 9 heteroatoms. The number of sulfonamides is 1. The van der Waals surface area contributed by atoms with Gasteiger partial charge in [-0.1, -0.05) is 6.07 Å². The minimum absolute atomic E-state index is 0.0690. The van der Waals surface area contributed by atoms with Gasteiger partial charge in [-0.05, 0) is 41.8 Å². The predicted molar refractivity (Wildman–Crippen MR) is 105 cm³/mol. The summed E-state index contributed by atoms with van der Waals surface area (Å²) in [5.74, 6) is -0.702. The number of thiophene rings is 1. The van der Waals surface area contributed by atoms with E-state index in [-0.39, 0.29) is 37.0 Å². The van der Waals surface area contributed by atoms with Crippen LogP contribution in [0.1, 0.15) is 9.67 Å². The molecule has 0 unspecified atom stereocenters. The monoisotopic (exact) mass is 419 g/mol. The van der Waals surface area contributed by atoms with Gasteiger partial charge in [-0.3, -0.25) is 4.79 Å². The van der Waals surface area contributed by atoms with Crippen LogP contribution in [0.5, 0.6) is 0 Å². The third kappa shape index (κ3) is 3.48. The first-order valence-electron chi connectivity index (χ1n) is 8.72. The number of hydrogen-bond donors (Lipinski definition) is 0. The predicted octanol–water partition coefficient (Wildman–Crippen LogP) is 2.82. The molecule has 0 saturated carbocycles. The molecular weight excluding hydrogens is 401 g/mol. The topological polar surface area (TPSA) is 62.6 Å². The Balaban J connectivity index is 1.48. The minimum Gasteiger partial charge on any atom is -0.335 e. The van der Waals surface area contributed by atoms with Crippen LogP contribution in [-0.4, -0.2) is 54.3 Å². The van der Waals surface area contributed by atoms with Crippen molar-refractivity contribution in [1.82, 2.24) is 13.8 Å². The summed E-state index contributed by atoms with van der Waals surface area (Å²) in [5.41, 5.74) is 0.815. The molecule has 1 aliphatic rings. The van der Waals surface area contributed by atoms with E-state index in [9.17, 15) is 17.6 Å². The number of benzene rings is 1. The second-order valence-corrected chi connectivity index (χ2v) is 9.23. The van der Waals surface area contributed by atoms with Crippen LogP contribution in [0.4, 0.5) is 4.39 Å². The zero-order valence-electron chi connectivity index (χ0n) is 14.9. The van der Waals surface area contributed by atoms with Crippen LogP contribution in [0.2, 0.25) is 0 Å². The van der Waals surface area contributed by atoms with Crippen LogP contribution in [0.15, 0.2) is 65.1 Å². The SMILES string of the molecule is O=C(c1sccc1-n1cccc1)N1CCN(S(=O)(=O)c2cccc(F)c2)CC1. The fourth-order valence-electron chi connectivity index (χ4n) is 3.21. The van der Waals surface area contributed by atoms with Crippen molar-refractivity contribution in [3.63, 3.8) is 0 Å². The smallest absolute Gasteiger partial charge is 0.266 e. The lowest BCUT2D eigenvalue weighted by Crippen LogP contribution is -2.50. The van der Waals surface area contributed by atoms with Crippen molar-refractivity contribution in [2.45, 2.75) is 4.90 Å². The summed E-state index contributed by atoms with van der Waals surface area (Å²) in [7, 11) is -3.78. The van der Waals surface area contributed by atoms with E-state index in [4.69, 9.17) is 0 Å². The first-order valence-corrected chi connectivity index (χ1v) is 11.0. The average molecular weight is 420 g/mol. The highest BCUT2D eigenvalue weighted by molar-refractivity contribution is 7.89. The maximum atomic E-state index is 13.4. The van der Waals surface area contributed by atoms with Gasteiger partial charge >= 0.3 is 0 Å². The molecule has 1 fully saturated rings. The second kappa shape index (κ2) is 7.50. The van der Waals surface area contributed by atoms with Crippen LogP contribution < -0.4 is 0 Å². The van der Waals surface area contributed by atoms with E-state index in [1.807, 2.05) is 40.5 Å². The number of hydrogen-bond acceptors (Lipinski definition) is 4. The molecule has 2 aromatic heterocycles. The Bertz CT molecular complexity index is 1090. The van der Waals surface area contributed by atoms with Crippen LogP contribution >= 0.6 is 11.3 Å². The molecule has 3 heterocycles. The first kappa shape index (κ1) is 18.9. The van der Waals surface area contributed by atoms with Gasteiger partial charge in [-0.25, -0.2) is 12.8 Å². The lowest BCUT2D eigenvalue weighted by atomic mass is 10.3. The summed E-state index contributed by atoms with van der Waals surface area (Å²) in [5, 5.41) is 1.87. The third-order valence-electron chi connectivity index (χ3n) is 4.68. The summed E-state index contributed by atoms with van der Waals surface area (Å²) in [6.45, 7) is 0.927. The molecule has 4 rings (SSSR count). The molecule has 1 aromatic carbocycles. The number of halogens is 1. The Kier molecular flexibility index (Phi) is 5.05. The van der Waals surface area contributed by atoms with Gasteiger partial charge < -0.3 is 9.47 Å². The maximum Gasteiger partial charge on any atom is 0.266 e. The maximum absolute atomic E-state index is 13.4. The van der Waals surface area contributed by atoms with Crippen molar-refractivity contribution in [3.8, 4) is 5.69 Å². The number of nitrogens with zero attached hydrogens (tertiary/aromatic N) is 3. The highest BCUT2D eigenvalue weighted by Gasteiger charge is 2.31. The van der Waals surface area contributed by atoms with Crippen molar-refractivity contribution >= 4 is 27.3 Å². The summed E-state index contributed by atoms with van der Waals surface area (Å²) in [4.78, 5) is 15.2. The van der Waals surface area contributed by atoms with Crippen molar-refractivity contribution < 1.29 is 17.6 Å². The minimum atomic E-state index is -3.78. The van der Waals surface area contributed by atoms with Gasteiger partial charge in [0.25, 0.3) is 5.91 Å². The van der Waals surface area contributed by atoms with Crippen LogP contribution in [0, 0.1) is 5.82 Å². The molecule has 0 bridgehead atoms. The third-order valence-corrected chi connectivity index (χ3v) is 7.47.